The maximum atomic E-state index is 14.9. The average molecular weight is 690 g/mol. The molecule has 1 aliphatic heterocycles. The molecule has 0 spiro atoms. The lowest BCUT2D eigenvalue weighted by molar-refractivity contribution is -0.124. The van der Waals surface area contributed by atoms with Gasteiger partial charge in [-0.05, 0) is 101 Å². The Morgan fingerprint density at radius 3 is 2.49 bits per heavy atom. The summed E-state index contributed by atoms with van der Waals surface area (Å²) >= 11 is 0. The fraction of sp³-hybridized carbons (Fsp3) is 0.543. The number of allylic oxidation sites excluding steroid dienone is 5. The van der Waals surface area contributed by atoms with Gasteiger partial charge in [0.1, 0.15) is 0 Å². The molecule has 1 fully saturated rings. The van der Waals surface area contributed by atoms with Gasteiger partial charge in [0.25, 0.3) is 0 Å². The largest absolute Gasteiger partial charge is 0.328 e. The average Bonchev–Trinajstić information content (AvgIpc) is 3.56. The van der Waals surface area contributed by atoms with E-state index < -0.39 is 5.41 Å². The number of carbonyl (C=O) groups excluding carboxylic acids is 2. The van der Waals surface area contributed by atoms with Gasteiger partial charge in [-0.2, -0.15) is 0 Å². The number of benzene rings is 1. The van der Waals surface area contributed by atoms with E-state index in [0.717, 1.165) is 71.6 Å². The minimum atomic E-state index is -0.590. The predicted molar refractivity (Wildman–Crippen MR) is 215 cm³/mol. The SMILES string of the molecule is C=CC1=c2c(ncn2C(C)C)=CC(c2ccc3c(c2)N(C2CC(C#CCCCCCC)C2)C(=O)C3(CC/C=C/C(C)=O)CCCC)C=C1C.CC. The summed E-state index contributed by atoms with van der Waals surface area (Å²) < 4.78 is 2.23. The first kappa shape index (κ1) is 39.9. The Balaban J connectivity index is 0.00000286. The molecule has 2 aliphatic carbocycles. The minimum Gasteiger partial charge on any atom is -0.328 e. The highest BCUT2D eigenvalue weighted by Crippen LogP contribution is 2.52. The molecule has 51 heavy (non-hydrogen) atoms. The molecule has 5 nitrogen and oxygen atoms in total. The number of imidazole rings is 1. The van der Waals surface area contributed by atoms with Gasteiger partial charge in [0.05, 0.1) is 22.4 Å². The van der Waals surface area contributed by atoms with Gasteiger partial charge in [-0.3, -0.25) is 9.59 Å². The Kier molecular flexibility index (Phi) is 14.5. The highest BCUT2D eigenvalue weighted by molar-refractivity contribution is 6.09. The number of aromatic nitrogens is 2. The third-order valence-electron chi connectivity index (χ3n) is 10.8. The Morgan fingerprint density at radius 2 is 1.82 bits per heavy atom. The molecule has 1 amide bonds. The molecule has 0 radical (unpaired) electrons. The molecule has 5 heteroatoms. The molecule has 0 saturated heterocycles. The molecular weight excluding hydrogens is 627 g/mol. The Bertz CT molecular complexity index is 1790. The molecular formula is C46H63N3O2. The van der Waals surface area contributed by atoms with E-state index in [1.54, 1.807) is 13.0 Å². The number of hydrogen-bond donors (Lipinski definition) is 0. The molecule has 274 valence electrons. The first-order chi connectivity index (χ1) is 24.6. The summed E-state index contributed by atoms with van der Waals surface area (Å²) in [6.07, 6.45) is 24.1. The number of anilines is 1. The number of hydrogen-bond acceptors (Lipinski definition) is 3. The molecule has 2 aromatic rings. The monoisotopic (exact) mass is 689 g/mol. The van der Waals surface area contributed by atoms with Crippen molar-refractivity contribution in [3.63, 3.8) is 0 Å². The molecule has 0 N–H and O–H groups in total. The van der Waals surface area contributed by atoms with Gasteiger partial charge in [-0.25, -0.2) is 4.98 Å². The van der Waals surface area contributed by atoms with Crippen LogP contribution in [0.25, 0.3) is 11.6 Å². The summed E-state index contributed by atoms with van der Waals surface area (Å²) in [7, 11) is 0. The number of nitrogens with zero attached hydrogens (tertiary/aromatic N) is 3. The van der Waals surface area contributed by atoms with Crippen molar-refractivity contribution in [2.75, 3.05) is 4.90 Å². The van der Waals surface area contributed by atoms with E-state index >= 15 is 0 Å². The summed E-state index contributed by atoms with van der Waals surface area (Å²) in [4.78, 5) is 33.6. The van der Waals surface area contributed by atoms with Crippen LogP contribution in [0.5, 0.6) is 0 Å². The van der Waals surface area contributed by atoms with Gasteiger partial charge >= 0.3 is 0 Å². The van der Waals surface area contributed by atoms with Crippen molar-refractivity contribution < 1.29 is 9.59 Å². The van der Waals surface area contributed by atoms with E-state index in [2.05, 4.69) is 92.9 Å². The molecule has 1 aromatic heterocycles. The Morgan fingerprint density at radius 1 is 1.08 bits per heavy atom. The van der Waals surface area contributed by atoms with Crippen LogP contribution in [0, 0.1) is 17.8 Å². The fourth-order valence-electron chi connectivity index (χ4n) is 8.00. The topological polar surface area (TPSA) is 55.2 Å². The molecule has 3 aliphatic rings. The van der Waals surface area contributed by atoms with E-state index in [1.807, 2.05) is 32.3 Å². The third-order valence-corrected chi connectivity index (χ3v) is 10.8. The lowest BCUT2D eigenvalue weighted by Crippen LogP contribution is -2.50. The van der Waals surface area contributed by atoms with Crippen LogP contribution in [0.1, 0.15) is 156 Å². The second-order valence-corrected chi connectivity index (χ2v) is 14.8. The first-order valence-corrected chi connectivity index (χ1v) is 19.9. The van der Waals surface area contributed by atoms with Crippen LogP contribution in [0.3, 0.4) is 0 Å². The summed E-state index contributed by atoms with van der Waals surface area (Å²) in [5.74, 6) is 7.62. The van der Waals surface area contributed by atoms with E-state index in [4.69, 9.17) is 4.98 Å². The maximum absolute atomic E-state index is 14.9. The van der Waals surface area contributed by atoms with Crippen LogP contribution >= 0.6 is 0 Å². The van der Waals surface area contributed by atoms with Gasteiger partial charge < -0.3 is 9.47 Å². The predicted octanol–water partition coefficient (Wildman–Crippen LogP) is 9.80. The van der Waals surface area contributed by atoms with Crippen molar-refractivity contribution in [1.29, 1.82) is 0 Å². The number of rotatable bonds is 15. The maximum Gasteiger partial charge on any atom is 0.237 e. The van der Waals surface area contributed by atoms with E-state index in [0.29, 0.717) is 18.8 Å². The van der Waals surface area contributed by atoms with Crippen LogP contribution in [0.15, 0.2) is 61.0 Å². The number of unbranched alkanes of at least 4 members (excludes halogenated alkanes) is 5. The van der Waals surface area contributed by atoms with E-state index in [1.165, 1.54) is 31.3 Å². The Labute approximate surface area is 308 Å². The number of amides is 1. The molecule has 2 unspecified atom stereocenters. The second kappa shape index (κ2) is 18.5. The van der Waals surface area contributed by atoms with Crippen molar-refractivity contribution >= 4 is 29.0 Å². The molecule has 0 bridgehead atoms. The van der Waals surface area contributed by atoms with Crippen LogP contribution < -0.4 is 15.6 Å². The summed E-state index contributed by atoms with van der Waals surface area (Å²) in [6.45, 7) is 20.7. The van der Waals surface area contributed by atoms with Gasteiger partial charge in [0.15, 0.2) is 5.78 Å². The number of ketones is 1. The van der Waals surface area contributed by atoms with Gasteiger partial charge in [-0.15, -0.1) is 5.92 Å². The van der Waals surface area contributed by atoms with E-state index in [-0.39, 0.29) is 29.7 Å². The van der Waals surface area contributed by atoms with Crippen molar-refractivity contribution in [3.8, 4) is 11.8 Å². The number of fused-ring (bicyclic) bond motifs is 2. The zero-order valence-electron chi connectivity index (χ0n) is 32.9. The van der Waals surface area contributed by atoms with Gasteiger partial charge in [0.2, 0.25) is 5.91 Å². The number of carbonyl (C=O) groups is 2. The third kappa shape index (κ3) is 8.77. The normalized spacial score (nSPS) is 22.2. The lowest BCUT2D eigenvalue weighted by atomic mass is 9.73. The van der Waals surface area contributed by atoms with Crippen LogP contribution in [-0.4, -0.2) is 27.3 Å². The second-order valence-electron chi connectivity index (χ2n) is 14.8. The summed E-state index contributed by atoms with van der Waals surface area (Å²) in [6, 6.07) is 7.20. The molecule has 1 aromatic carbocycles. The fourth-order valence-corrected chi connectivity index (χ4v) is 8.00. The van der Waals surface area contributed by atoms with Crippen molar-refractivity contribution in [2.45, 2.75) is 156 Å². The standard InChI is InChI=1S/C44H57N3O2.C2H6/c1-8-11-13-14-15-16-20-34-26-37(27-34)47-41-29-35(36-25-32(6)38(10-3)42-40(28-36)45-30-46(42)31(4)5)21-22-39(41)44(43(47)49,23-12-9-2)24-18-17-19-33(7)48;1-2/h10,17,19,21-22,25,28-31,34,36-37H,3,8-9,11-15,18,23-24,26-27H2,1-2,4-7H3;1-2H3/b19-17+;. The van der Waals surface area contributed by atoms with Crippen molar-refractivity contribution in [3.05, 3.63) is 82.8 Å². The zero-order valence-corrected chi connectivity index (χ0v) is 32.9. The highest BCUT2D eigenvalue weighted by Gasteiger charge is 2.53. The molecule has 2 atom stereocenters. The minimum absolute atomic E-state index is 0.00539. The highest BCUT2D eigenvalue weighted by atomic mass is 16.2. The molecule has 2 heterocycles. The smallest absolute Gasteiger partial charge is 0.237 e. The zero-order chi connectivity index (χ0) is 37.1. The van der Waals surface area contributed by atoms with Crippen molar-refractivity contribution in [2.24, 2.45) is 5.92 Å². The van der Waals surface area contributed by atoms with Gasteiger partial charge in [-0.1, -0.05) is 103 Å². The molecule has 1 saturated carbocycles. The van der Waals surface area contributed by atoms with Gasteiger partial charge in [0, 0.05) is 41.6 Å². The molecule has 5 rings (SSSR count). The van der Waals surface area contributed by atoms with Crippen LogP contribution in [-0.2, 0) is 15.0 Å². The Hall–Kier alpha value is -3.91. The van der Waals surface area contributed by atoms with E-state index in [9.17, 15) is 9.59 Å². The summed E-state index contributed by atoms with van der Waals surface area (Å²) in [5, 5.41) is 2.09. The first-order valence-electron chi connectivity index (χ1n) is 19.9. The van der Waals surface area contributed by atoms with Crippen LogP contribution in [0.2, 0.25) is 0 Å². The van der Waals surface area contributed by atoms with Crippen LogP contribution in [0.4, 0.5) is 5.69 Å². The quantitative estimate of drug-likeness (QED) is 0.106. The van der Waals surface area contributed by atoms with Crippen molar-refractivity contribution in [1.82, 2.24) is 9.55 Å². The summed E-state index contributed by atoms with van der Waals surface area (Å²) in [5.41, 5.74) is 5.07. The lowest BCUT2D eigenvalue weighted by Gasteiger charge is -2.40.